The Hall–Kier alpha value is -2.81. The molecule has 0 fully saturated rings. The van der Waals surface area contributed by atoms with Crippen molar-refractivity contribution in [1.29, 1.82) is 5.26 Å². The van der Waals surface area contributed by atoms with Crippen molar-refractivity contribution in [1.82, 2.24) is 0 Å². The molecule has 21 heavy (non-hydrogen) atoms. The van der Waals surface area contributed by atoms with Crippen LogP contribution in [0.2, 0.25) is 0 Å². The first kappa shape index (κ1) is 14.6. The zero-order valence-electron chi connectivity index (χ0n) is 10.6. The van der Waals surface area contributed by atoms with E-state index in [2.05, 4.69) is 0 Å². The average Bonchev–Trinajstić information content (AvgIpc) is 2.45. The minimum absolute atomic E-state index is 0.0646. The Morgan fingerprint density at radius 1 is 1.10 bits per heavy atom. The molecule has 0 saturated carbocycles. The van der Waals surface area contributed by atoms with Crippen LogP contribution in [0.4, 0.5) is 18.9 Å². The number of nitrogens with zero attached hydrogens (tertiary/aromatic N) is 1. The van der Waals surface area contributed by atoms with Gasteiger partial charge in [0, 0.05) is 16.8 Å². The number of nitrogen functional groups attached to an aromatic ring is 1. The van der Waals surface area contributed by atoms with Crippen LogP contribution in [0.25, 0.3) is 11.1 Å². The van der Waals surface area contributed by atoms with Gasteiger partial charge in [0.2, 0.25) is 0 Å². The Kier molecular flexibility index (Phi) is 3.68. The van der Waals surface area contributed by atoms with Crippen molar-refractivity contribution in [3.05, 3.63) is 53.6 Å². The maximum atomic E-state index is 12.4. The van der Waals surface area contributed by atoms with Crippen molar-refractivity contribution >= 4 is 11.5 Å². The highest BCUT2D eigenvalue weighted by atomic mass is 19.4. The van der Waals surface area contributed by atoms with Gasteiger partial charge in [0.15, 0.2) is 0 Å². The van der Waals surface area contributed by atoms with Crippen LogP contribution >= 0.6 is 0 Å². The van der Waals surface area contributed by atoms with Crippen LogP contribution in [0.15, 0.2) is 42.5 Å². The minimum atomic E-state index is -4.93. The summed E-state index contributed by atoms with van der Waals surface area (Å²) in [6.45, 7) is 0. The van der Waals surface area contributed by atoms with Crippen LogP contribution in [-0.2, 0) is 0 Å². The van der Waals surface area contributed by atoms with E-state index in [0.29, 0.717) is 16.7 Å². The Morgan fingerprint density at radius 3 is 2.19 bits per heavy atom. The molecule has 2 aromatic carbocycles. The fourth-order valence-electron chi connectivity index (χ4n) is 1.85. The number of carbonyl (C=O) groups excluding carboxylic acids is 1. The van der Waals surface area contributed by atoms with E-state index >= 15 is 0 Å². The highest BCUT2D eigenvalue weighted by Gasteiger charge is 2.39. The SMILES string of the molecule is N#Cc1ccc(-c2ccc(C(=O)C(F)(F)F)cc2N)cc1. The predicted octanol–water partition coefficient (Wildman–Crippen LogP) is 3.55. The first-order chi connectivity index (χ1) is 9.82. The highest BCUT2D eigenvalue weighted by Crippen LogP contribution is 2.29. The van der Waals surface area contributed by atoms with Crippen molar-refractivity contribution in [2.24, 2.45) is 0 Å². The molecule has 0 aliphatic heterocycles. The van der Waals surface area contributed by atoms with E-state index in [9.17, 15) is 18.0 Å². The lowest BCUT2D eigenvalue weighted by molar-refractivity contribution is -0.0885. The molecule has 0 bridgehead atoms. The lowest BCUT2D eigenvalue weighted by Crippen LogP contribution is -2.22. The van der Waals surface area contributed by atoms with Gasteiger partial charge in [-0.05, 0) is 23.8 Å². The van der Waals surface area contributed by atoms with Crippen molar-refractivity contribution < 1.29 is 18.0 Å². The number of halogens is 3. The standard InChI is InChI=1S/C15H9F3N2O/c16-15(17,18)14(21)11-5-6-12(13(20)7-11)10-3-1-9(8-19)2-4-10/h1-7H,20H2. The van der Waals surface area contributed by atoms with Crippen LogP contribution in [0.3, 0.4) is 0 Å². The zero-order chi connectivity index (χ0) is 15.6. The monoisotopic (exact) mass is 290 g/mol. The normalized spacial score (nSPS) is 11.0. The van der Waals surface area contributed by atoms with Gasteiger partial charge in [-0.15, -0.1) is 0 Å². The molecule has 0 aliphatic rings. The van der Waals surface area contributed by atoms with Gasteiger partial charge >= 0.3 is 6.18 Å². The van der Waals surface area contributed by atoms with E-state index in [-0.39, 0.29) is 5.69 Å². The molecule has 3 nitrogen and oxygen atoms in total. The van der Waals surface area contributed by atoms with Gasteiger partial charge < -0.3 is 5.73 Å². The van der Waals surface area contributed by atoms with Gasteiger partial charge in [-0.2, -0.15) is 18.4 Å². The van der Waals surface area contributed by atoms with Crippen LogP contribution in [0, 0.1) is 11.3 Å². The van der Waals surface area contributed by atoms with Gasteiger partial charge in [0.05, 0.1) is 11.6 Å². The molecule has 6 heteroatoms. The predicted molar refractivity (Wildman–Crippen MR) is 71.4 cm³/mol. The number of Topliss-reactive ketones (excluding diaryl/α,β-unsaturated/α-hetero) is 1. The Morgan fingerprint density at radius 2 is 1.71 bits per heavy atom. The molecule has 0 spiro atoms. The number of alkyl halides is 3. The molecule has 0 unspecified atom stereocenters. The summed E-state index contributed by atoms with van der Waals surface area (Å²) in [6, 6.07) is 11.8. The smallest absolute Gasteiger partial charge is 0.398 e. The quantitative estimate of drug-likeness (QED) is 0.679. The number of rotatable bonds is 2. The molecule has 0 aromatic heterocycles. The third kappa shape index (κ3) is 3.03. The van der Waals surface area contributed by atoms with Gasteiger partial charge in [-0.3, -0.25) is 4.79 Å². The lowest BCUT2D eigenvalue weighted by Gasteiger charge is -2.09. The first-order valence-corrected chi connectivity index (χ1v) is 5.84. The Bertz CT molecular complexity index is 728. The maximum Gasteiger partial charge on any atom is 0.454 e. The van der Waals surface area contributed by atoms with Gasteiger partial charge in [0.1, 0.15) is 0 Å². The largest absolute Gasteiger partial charge is 0.454 e. The first-order valence-electron chi connectivity index (χ1n) is 5.84. The number of carbonyl (C=O) groups is 1. The molecular formula is C15H9F3N2O. The van der Waals surface area contributed by atoms with E-state index in [1.807, 2.05) is 6.07 Å². The van der Waals surface area contributed by atoms with Crippen LogP contribution in [0.5, 0.6) is 0 Å². The Labute approximate surface area is 118 Å². The second-order valence-corrected chi connectivity index (χ2v) is 4.32. The third-order valence-electron chi connectivity index (χ3n) is 2.90. The fourth-order valence-corrected chi connectivity index (χ4v) is 1.85. The summed E-state index contributed by atoms with van der Waals surface area (Å²) in [5.41, 5.74) is 6.89. The second-order valence-electron chi connectivity index (χ2n) is 4.32. The van der Waals surface area contributed by atoms with E-state index in [0.717, 1.165) is 12.1 Å². The third-order valence-corrected chi connectivity index (χ3v) is 2.90. The molecular weight excluding hydrogens is 281 g/mol. The molecule has 2 rings (SSSR count). The molecule has 106 valence electrons. The second kappa shape index (κ2) is 5.29. The molecule has 0 radical (unpaired) electrons. The number of benzene rings is 2. The summed E-state index contributed by atoms with van der Waals surface area (Å²) in [5.74, 6) is -1.93. The number of ketones is 1. The van der Waals surface area contributed by atoms with Crippen LogP contribution in [-0.4, -0.2) is 12.0 Å². The molecule has 0 saturated heterocycles. The average molecular weight is 290 g/mol. The van der Waals surface area contributed by atoms with E-state index in [4.69, 9.17) is 11.0 Å². The maximum absolute atomic E-state index is 12.4. The van der Waals surface area contributed by atoms with Crippen molar-refractivity contribution in [2.45, 2.75) is 6.18 Å². The fraction of sp³-hybridized carbons (Fsp3) is 0.0667. The molecule has 0 heterocycles. The van der Waals surface area contributed by atoms with E-state index in [1.165, 1.54) is 6.07 Å². The van der Waals surface area contributed by atoms with Gasteiger partial charge in [-0.1, -0.05) is 24.3 Å². The number of hydrogen-bond donors (Lipinski definition) is 1. The number of anilines is 1. The molecule has 0 atom stereocenters. The zero-order valence-corrected chi connectivity index (χ0v) is 10.6. The summed E-state index contributed by atoms with van der Waals surface area (Å²) in [4.78, 5) is 11.1. The van der Waals surface area contributed by atoms with E-state index in [1.54, 1.807) is 24.3 Å². The highest BCUT2D eigenvalue weighted by molar-refractivity contribution is 6.01. The molecule has 0 amide bonds. The van der Waals surface area contributed by atoms with Crippen molar-refractivity contribution in [3.63, 3.8) is 0 Å². The lowest BCUT2D eigenvalue weighted by atomic mass is 9.99. The summed E-state index contributed by atoms with van der Waals surface area (Å²) in [5, 5.41) is 8.71. The van der Waals surface area contributed by atoms with Gasteiger partial charge in [-0.25, -0.2) is 0 Å². The van der Waals surface area contributed by atoms with Crippen LogP contribution < -0.4 is 5.73 Å². The van der Waals surface area contributed by atoms with E-state index < -0.39 is 17.5 Å². The Balaban J connectivity index is 2.40. The summed E-state index contributed by atoms with van der Waals surface area (Å²) >= 11 is 0. The number of hydrogen-bond acceptors (Lipinski definition) is 3. The summed E-state index contributed by atoms with van der Waals surface area (Å²) in [7, 11) is 0. The summed E-state index contributed by atoms with van der Waals surface area (Å²) in [6.07, 6.45) is -4.93. The van der Waals surface area contributed by atoms with Crippen molar-refractivity contribution in [3.8, 4) is 17.2 Å². The van der Waals surface area contributed by atoms with Gasteiger partial charge in [0.25, 0.3) is 5.78 Å². The number of nitriles is 1. The van der Waals surface area contributed by atoms with Crippen molar-refractivity contribution in [2.75, 3.05) is 5.73 Å². The molecule has 2 N–H and O–H groups in total. The van der Waals surface area contributed by atoms with Crippen LogP contribution in [0.1, 0.15) is 15.9 Å². The minimum Gasteiger partial charge on any atom is -0.398 e. The number of nitrogens with two attached hydrogens (primary N) is 1. The topological polar surface area (TPSA) is 66.9 Å². The molecule has 2 aromatic rings. The summed E-state index contributed by atoms with van der Waals surface area (Å²) < 4.78 is 37.1. The molecule has 0 aliphatic carbocycles.